The highest BCUT2D eigenvalue weighted by molar-refractivity contribution is 6.30. The monoisotopic (exact) mass is 253 g/mol. The summed E-state index contributed by atoms with van der Waals surface area (Å²) >= 11 is 5.45. The second-order valence-electron chi connectivity index (χ2n) is 3.56. The van der Waals surface area contributed by atoms with Crippen molar-refractivity contribution in [3.05, 3.63) is 28.8 Å². The summed E-state index contributed by atoms with van der Waals surface area (Å²) in [6.45, 7) is 0. The fourth-order valence-electron chi connectivity index (χ4n) is 1.44. The van der Waals surface area contributed by atoms with E-state index in [1.165, 1.54) is 0 Å². The maximum Gasteiger partial charge on any atom is 0.148 e. The van der Waals surface area contributed by atoms with Crippen LogP contribution in [-0.2, 0) is 0 Å². The molecule has 0 aliphatic heterocycles. The van der Waals surface area contributed by atoms with Gasteiger partial charge < -0.3 is 4.90 Å². The summed E-state index contributed by atoms with van der Waals surface area (Å²) in [5, 5.41) is -0.171. The quantitative estimate of drug-likeness (QED) is 0.728. The molecule has 1 fully saturated rings. The first-order chi connectivity index (χ1) is 6.59. The van der Waals surface area contributed by atoms with E-state index < -0.39 is 11.6 Å². The summed E-state index contributed by atoms with van der Waals surface area (Å²) < 4.78 is 26.5. The topological polar surface area (TPSA) is 3.24 Å². The van der Waals surface area contributed by atoms with Gasteiger partial charge in [-0.15, -0.1) is 12.4 Å². The van der Waals surface area contributed by atoms with Crippen molar-refractivity contribution >= 4 is 29.7 Å². The number of rotatable bonds is 2. The van der Waals surface area contributed by atoms with Gasteiger partial charge in [0.1, 0.15) is 11.6 Å². The number of halogens is 4. The van der Waals surface area contributed by atoms with Gasteiger partial charge in [-0.2, -0.15) is 0 Å². The predicted molar refractivity (Wildman–Crippen MR) is 60.0 cm³/mol. The van der Waals surface area contributed by atoms with Crippen LogP contribution in [0, 0.1) is 11.6 Å². The summed E-state index contributed by atoms with van der Waals surface area (Å²) in [7, 11) is 1.77. The van der Waals surface area contributed by atoms with Crippen LogP contribution in [-0.4, -0.2) is 13.1 Å². The Bertz CT molecular complexity index is 367. The van der Waals surface area contributed by atoms with Crippen LogP contribution < -0.4 is 4.90 Å². The molecular formula is C10H11Cl2F2N. The molecule has 0 amide bonds. The molecule has 1 nitrogen and oxygen atoms in total. The molecule has 1 aromatic rings. The van der Waals surface area contributed by atoms with Gasteiger partial charge in [0, 0.05) is 19.2 Å². The van der Waals surface area contributed by atoms with Crippen LogP contribution in [0.1, 0.15) is 12.8 Å². The van der Waals surface area contributed by atoms with E-state index in [1.807, 2.05) is 0 Å². The minimum absolute atomic E-state index is 0. The SMILES string of the molecule is CN(c1cc(F)c(Cl)cc1F)C1CC1.Cl. The Labute approximate surface area is 98.4 Å². The smallest absolute Gasteiger partial charge is 0.148 e. The molecule has 0 unspecified atom stereocenters. The van der Waals surface area contributed by atoms with Crippen LogP contribution >= 0.6 is 24.0 Å². The average molecular weight is 254 g/mol. The molecule has 0 N–H and O–H groups in total. The van der Waals surface area contributed by atoms with Crippen molar-refractivity contribution in [3.63, 3.8) is 0 Å². The van der Waals surface area contributed by atoms with Crippen molar-refractivity contribution in [1.82, 2.24) is 0 Å². The van der Waals surface area contributed by atoms with Crippen molar-refractivity contribution in [3.8, 4) is 0 Å². The molecule has 0 aromatic heterocycles. The lowest BCUT2D eigenvalue weighted by Gasteiger charge is -2.19. The van der Waals surface area contributed by atoms with Crippen LogP contribution in [0.15, 0.2) is 12.1 Å². The Hall–Kier alpha value is -0.540. The second-order valence-corrected chi connectivity index (χ2v) is 3.97. The van der Waals surface area contributed by atoms with E-state index in [0.29, 0.717) is 6.04 Å². The van der Waals surface area contributed by atoms with Crippen molar-refractivity contribution in [1.29, 1.82) is 0 Å². The summed E-state index contributed by atoms with van der Waals surface area (Å²) in [6, 6.07) is 2.52. The molecule has 1 aliphatic rings. The van der Waals surface area contributed by atoms with Gasteiger partial charge in [-0.25, -0.2) is 8.78 Å². The molecule has 0 heterocycles. The number of nitrogens with zero attached hydrogens (tertiary/aromatic N) is 1. The van der Waals surface area contributed by atoms with Crippen molar-refractivity contribution in [2.24, 2.45) is 0 Å². The summed E-state index contributed by atoms with van der Waals surface area (Å²) in [5.41, 5.74) is 0.286. The van der Waals surface area contributed by atoms with E-state index >= 15 is 0 Å². The van der Waals surface area contributed by atoms with Crippen molar-refractivity contribution < 1.29 is 8.78 Å². The van der Waals surface area contributed by atoms with Crippen LogP contribution in [0.4, 0.5) is 14.5 Å². The number of anilines is 1. The fraction of sp³-hybridized carbons (Fsp3) is 0.400. The average Bonchev–Trinajstić information content (AvgIpc) is 2.93. The van der Waals surface area contributed by atoms with Gasteiger partial charge in [0.2, 0.25) is 0 Å². The molecule has 1 aliphatic carbocycles. The zero-order chi connectivity index (χ0) is 10.3. The largest absolute Gasteiger partial charge is 0.369 e. The molecule has 1 aromatic carbocycles. The third-order valence-electron chi connectivity index (χ3n) is 2.46. The van der Waals surface area contributed by atoms with E-state index in [1.54, 1.807) is 11.9 Å². The Balaban J connectivity index is 0.00000112. The van der Waals surface area contributed by atoms with Gasteiger partial charge >= 0.3 is 0 Å². The standard InChI is InChI=1S/C10H10ClF2N.ClH/c1-14(6-2-3-6)10-5-8(12)7(11)4-9(10)13;/h4-6H,2-3H2,1H3;1H. The van der Waals surface area contributed by atoms with E-state index in [-0.39, 0.29) is 23.1 Å². The minimum Gasteiger partial charge on any atom is -0.369 e. The Morgan fingerprint density at radius 1 is 1.27 bits per heavy atom. The molecule has 1 saturated carbocycles. The molecular weight excluding hydrogens is 243 g/mol. The first kappa shape index (κ1) is 12.5. The van der Waals surface area contributed by atoms with Gasteiger partial charge in [-0.3, -0.25) is 0 Å². The van der Waals surface area contributed by atoms with E-state index in [4.69, 9.17) is 11.6 Å². The Kier molecular flexibility index (Phi) is 3.79. The zero-order valence-electron chi connectivity index (χ0n) is 8.14. The third kappa shape index (κ3) is 2.52. The lowest BCUT2D eigenvalue weighted by molar-refractivity contribution is 0.596. The summed E-state index contributed by atoms with van der Waals surface area (Å²) in [4.78, 5) is 1.76. The van der Waals surface area contributed by atoms with Crippen molar-refractivity contribution in [2.75, 3.05) is 11.9 Å². The van der Waals surface area contributed by atoms with Crippen LogP contribution in [0.25, 0.3) is 0 Å². The van der Waals surface area contributed by atoms with Gasteiger partial charge in [0.15, 0.2) is 0 Å². The van der Waals surface area contributed by atoms with E-state index in [2.05, 4.69) is 0 Å². The van der Waals surface area contributed by atoms with E-state index in [9.17, 15) is 8.78 Å². The number of hydrogen-bond donors (Lipinski definition) is 0. The minimum atomic E-state index is -0.574. The lowest BCUT2D eigenvalue weighted by atomic mass is 10.2. The predicted octanol–water partition coefficient (Wildman–Crippen LogP) is 3.64. The second kappa shape index (κ2) is 4.54. The third-order valence-corrected chi connectivity index (χ3v) is 2.75. The molecule has 2 rings (SSSR count). The van der Waals surface area contributed by atoms with Gasteiger partial charge in [-0.1, -0.05) is 11.6 Å². The highest BCUT2D eigenvalue weighted by atomic mass is 35.5. The maximum atomic E-state index is 13.4. The van der Waals surface area contributed by atoms with Crippen LogP contribution in [0.5, 0.6) is 0 Å². The highest BCUT2D eigenvalue weighted by Gasteiger charge is 2.28. The molecule has 0 saturated heterocycles. The van der Waals surface area contributed by atoms with Crippen molar-refractivity contribution in [2.45, 2.75) is 18.9 Å². The normalized spacial score (nSPS) is 14.7. The fourth-order valence-corrected chi connectivity index (χ4v) is 1.59. The van der Waals surface area contributed by atoms with Crippen LogP contribution in [0.2, 0.25) is 5.02 Å². The van der Waals surface area contributed by atoms with E-state index in [0.717, 1.165) is 25.0 Å². The first-order valence-electron chi connectivity index (χ1n) is 4.47. The molecule has 84 valence electrons. The molecule has 0 radical (unpaired) electrons. The van der Waals surface area contributed by atoms with Gasteiger partial charge in [0.25, 0.3) is 0 Å². The molecule has 0 atom stereocenters. The molecule has 0 bridgehead atoms. The number of hydrogen-bond acceptors (Lipinski definition) is 1. The summed E-state index contributed by atoms with van der Waals surface area (Å²) in [6.07, 6.45) is 2.08. The van der Waals surface area contributed by atoms with Gasteiger partial charge in [0.05, 0.1) is 10.7 Å². The maximum absolute atomic E-state index is 13.4. The lowest BCUT2D eigenvalue weighted by Crippen LogP contribution is -2.20. The summed E-state index contributed by atoms with van der Waals surface area (Å²) in [5.74, 6) is -1.04. The van der Waals surface area contributed by atoms with Gasteiger partial charge in [-0.05, 0) is 18.9 Å². The first-order valence-corrected chi connectivity index (χ1v) is 4.85. The molecule has 5 heteroatoms. The molecule has 15 heavy (non-hydrogen) atoms. The Morgan fingerprint density at radius 3 is 2.40 bits per heavy atom. The van der Waals surface area contributed by atoms with Crippen LogP contribution in [0.3, 0.4) is 0 Å². The Morgan fingerprint density at radius 2 is 1.87 bits per heavy atom. The molecule has 0 spiro atoms. The highest BCUT2D eigenvalue weighted by Crippen LogP contribution is 2.33. The number of benzene rings is 1. The zero-order valence-corrected chi connectivity index (χ0v) is 9.71.